The zero-order valence-electron chi connectivity index (χ0n) is 22.5. The summed E-state index contributed by atoms with van der Waals surface area (Å²) in [6.45, 7) is 9.39. The van der Waals surface area contributed by atoms with Crippen LogP contribution in [0.5, 0.6) is 0 Å². The van der Waals surface area contributed by atoms with Gasteiger partial charge in [0.15, 0.2) is 0 Å². The van der Waals surface area contributed by atoms with Crippen LogP contribution in [0.3, 0.4) is 0 Å². The number of morpholine rings is 1. The monoisotopic (exact) mass is 509 g/mol. The fourth-order valence-corrected chi connectivity index (χ4v) is 6.83. The van der Waals surface area contributed by atoms with Crippen LogP contribution in [-0.2, 0) is 4.74 Å². The normalized spacial score (nSPS) is 23.9. The molecule has 3 aliphatic heterocycles. The third-order valence-corrected chi connectivity index (χ3v) is 8.78. The Balaban J connectivity index is 1.09. The minimum absolute atomic E-state index is 0.159. The predicted molar refractivity (Wildman–Crippen MR) is 153 cm³/mol. The fraction of sp³-hybridized carbons (Fsp3) is 0.500. The second-order valence-electron chi connectivity index (χ2n) is 11.4. The van der Waals surface area contributed by atoms with Crippen LogP contribution in [0.2, 0.25) is 0 Å². The third kappa shape index (κ3) is 5.42. The number of piperidine rings is 2. The number of hydrogen-bond donors (Lipinski definition) is 1. The molecule has 1 aromatic heterocycles. The summed E-state index contributed by atoms with van der Waals surface area (Å²) in [5, 5.41) is 14.1. The Labute approximate surface area is 226 Å². The number of fused-ring (bicyclic) bond motifs is 1. The lowest BCUT2D eigenvalue weighted by Crippen LogP contribution is -2.51. The van der Waals surface area contributed by atoms with Crippen LogP contribution in [0.15, 0.2) is 54.7 Å². The number of nitriles is 1. The second-order valence-corrected chi connectivity index (χ2v) is 11.4. The highest BCUT2D eigenvalue weighted by Crippen LogP contribution is 2.33. The van der Waals surface area contributed by atoms with Crippen LogP contribution < -0.4 is 10.2 Å². The van der Waals surface area contributed by atoms with Crippen LogP contribution in [0.25, 0.3) is 10.9 Å². The molecule has 2 atom stereocenters. The number of nitrogens with one attached hydrogen (secondary N) is 1. The summed E-state index contributed by atoms with van der Waals surface area (Å²) < 4.78 is 6.44. The molecule has 0 spiro atoms. The van der Waals surface area contributed by atoms with E-state index < -0.39 is 0 Å². The Morgan fingerprint density at radius 1 is 0.974 bits per heavy atom. The smallest absolute Gasteiger partial charge is 0.101 e. The Morgan fingerprint density at radius 3 is 2.50 bits per heavy atom. The van der Waals surface area contributed by atoms with E-state index >= 15 is 0 Å². The first-order valence-electron chi connectivity index (χ1n) is 14.4. The molecule has 0 unspecified atom stereocenters. The van der Waals surface area contributed by atoms with Gasteiger partial charge < -0.3 is 19.9 Å². The summed E-state index contributed by atoms with van der Waals surface area (Å²) in [4.78, 5) is 9.55. The van der Waals surface area contributed by atoms with E-state index in [0.29, 0.717) is 17.4 Å². The molecule has 3 saturated heterocycles. The molecule has 6 rings (SSSR count). The molecule has 4 heterocycles. The predicted octanol–water partition coefficient (Wildman–Crippen LogP) is 5.05. The number of aromatic nitrogens is 1. The molecule has 3 aliphatic rings. The fourth-order valence-electron chi connectivity index (χ4n) is 6.83. The van der Waals surface area contributed by atoms with E-state index in [1.807, 2.05) is 12.1 Å². The van der Waals surface area contributed by atoms with E-state index in [9.17, 15) is 5.26 Å². The highest BCUT2D eigenvalue weighted by atomic mass is 16.5. The van der Waals surface area contributed by atoms with Gasteiger partial charge in [-0.2, -0.15) is 5.26 Å². The molecule has 6 nitrogen and oxygen atoms in total. The van der Waals surface area contributed by atoms with Gasteiger partial charge in [0, 0.05) is 36.9 Å². The molecule has 0 radical (unpaired) electrons. The van der Waals surface area contributed by atoms with Crippen molar-refractivity contribution >= 4 is 16.6 Å². The summed E-state index contributed by atoms with van der Waals surface area (Å²) >= 11 is 0. The van der Waals surface area contributed by atoms with E-state index in [2.05, 4.69) is 69.5 Å². The summed E-state index contributed by atoms with van der Waals surface area (Å²) in [5.74, 6) is 1.38. The van der Waals surface area contributed by atoms with Gasteiger partial charge in [-0.3, -0.25) is 4.98 Å². The molecule has 1 N–H and O–H groups in total. The van der Waals surface area contributed by atoms with Crippen molar-refractivity contribution in [2.45, 2.75) is 56.7 Å². The van der Waals surface area contributed by atoms with Gasteiger partial charge >= 0.3 is 0 Å². The van der Waals surface area contributed by atoms with Gasteiger partial charge in [-0.25, -0.2) is 0 Å². The lowest BCUT2D eigenvalue weighted by atomic mass is 9.84. The first-order valence-corrected chi connectivity index (χ1v) is 14.4. The first kappa shape index (κ1) is 25.3. The summed E-state index contributed by atoms with van der Waals surface area (Å²) in [6, 6.07) is 19.8. The van der Waals surface area contributed by atoms with E-state index in [1.165, 1.54) is 31.2 Å². The number of anilines is 1. The Kier molecular flexibility index (Phi) is 7.60. The van der Waals surface area contributed by atoms with Crippen LogP contribution >= 0.6 is 0 Å². The molecule has 3 aromatic rings. The SMILES string of the molecule is C[C@@H]1CN(c2ccc(C#N)c3ncccc23)C[C@H](CN2CCC(c3cccc(C4CCNCC4)c3)CC2)O1. The molecule has 2 aromatic carbocycles. The Morgan fingerprint density at radius 2 is 1.74 bits per heavy atom. The highest BCUT2D eigenvalue weighted by molar-refractivity contribution is 5.95. The average molecular weight is 510 g/mol. The third-order valence-electron chi connectivity index (χ3n) is 8.78. The molecular formula is C32H39N5O. The van der Waals surface area contributed by atoms with Crippen LogP contribution in [0.4, 0.5) is 5.69 Å². The number of rotatable bonds is 5. The summed E-state index contributed by atoms with van der Waals surface area (Å²) in [5.41, 5.74) is 5.65. The number of pyridine rings is 1. The number of benzene rings is 2. The molecule has 0 aliphatic carbocycles. The van der Waals surface area contributed by atoms with Crippen molar-refractivity contribution in [1.29, 1.82) is 5.26 Å². The van der Waals surface area contributed by atoms with E-state index in [-0.39, 0.29) is 12.2 Å². The van der Waals surface area contributed by atoms with Crippen molar-refractivity contribution < 1.29 is 4.74 Å². The lowest BCUT2D eigenvalue weighted by molar-refractivity contribution is -0.0349. The van der Waals surface area contributed by atoms with Crippen LogP contribution in [0, 0.1) is 11.3 Å². The average Bonchev–Trinajstić information content (AvgIpc) is 2.97. The highest BCUT2D eigenvalue weighted by Gasteiger charge is 2.30. The minimum atomic E-state index is 0.159. The lowest BCUT2D eigenvalue weighted by Gasteiger charge is -2.41. The van der Waals surface area contributed by atoms with Gasteiger partial charge in [0.1, 0.15) is 6.07 Å². The molecular weight excluding hydrogens is 470 g/mol. The maximum absolute atomic E-state index is 9.54. The topological polar surface area (TPSA) is 64.4 Å². The van der Waals surface area contributed by atoms with Crippen LogP contribution in [-0.4, -0.2) is 67.9 Å². The molecule has 198 valence electrons. The van der Waals surface area contributed by atoms with Gasteiger partial charge in [-0.15, -0.1) is 0 Å². The van der Waals surface area contributed by atoms with Gasteiger partial charge in [0.05, 0.1) is 23.3 Å². The summed E-state index contributed by atoms with van der Waals surface area (Å²) in [6.07, 6.45) is 7.04. The molecule has 3 fully saturated rings. The number of ether oxygens (including phenoxy) is 1. The van der Waals surface area contributed by atoms with Gasteiger partial charge in [0.2, 0.25) is 0 Å². The standard InChI is InChI=1S/C32H39N5O/c1-23-20-37(31-8-7-28(19-33)32-30(31)6-3-13-35-32)22-29(38-23)21-36-16-11-25(12-17-36)27-5-2-4-26(18-27)24-9-14-34-15-10-24/h2-8,13,18,23-25,29,34H,9-12,14-17,20-22H2,1H3/t23-,29+/m1/s1. The van der Waals surface area contributed by atoms with Crippen molar-refractivity contribution in [2.24, 2.45) is 0 Å². The zero-order valence-corrected chi connectivity index (χ0v) is 22.5. The number of nitrogens with zero attached hydrogens (tertiary/aromatic N) is 4. The molecule has 0 saturated carbocycles. The van der Waals surface area contributed by atoms with E-state index in [4.69, 9.17) is 4.74 Å². The van der Waals surface area contributed by atoms with Gasteiger partial charge in [-0.1, -0.05) is 24.3 Å². The second kappa shape index (κ2) is 11.4. The Hall–Kier alpha value is -2.98. The molecule has 0 bridgehead atoms. The number of hydrogen-bond acceptors (Lipinski definition) is 6. The maximum atomic E-state index is 9.54. The molecule has 38 heavy (non-hydrogen) atoms. The minimum Gasteiger partial charge on any atom is -0.370 e. The van der Waals surface area contributed by atoms with Crippen molar-refractivity contribution in [2.75, 3.05) is 50.7 Å². The molecule has 6 heteroatoms. The van der Waals surface area contributed by atoms with Crippen LogP contribution in [0.1, 0.15) is 61.1 Å². The van der Waals surface area contributed by atoms with Crippen molar-refractivity contribution in [1.82, 2.24) is 15.2 Å². The van der Waals surface area contributed by atoms with Crippen molar-refractivity contribution in [3.63, 3.8) is 0 Å². The Bertz CT molecular complexity index is 1290. The zero-order chi connectivity index (χ0) is 25.9. The van der Waals surface area contributed by atoms with E-state index in [1.54, 1.807) is 11.8 Å². The van der Waals surface area contributed by atoms with E-state index in [0.717, 1.165) is 62.4 Å². The number of likely N-dealkylation sites (tertiary alicyclic amines) is 1. The maximum Gasteiger partial charge on any atom is 0.101 e. The largest absolute Gasteiger partial charge is 0.370 e. The first-order chi connectivity index (χ1) is 18.7. The van der Waals surface area contributed by atoms with Crippen molar-refractivity contribution in [3.8, 4) is 6.07 Å². The van der Waals surface area contributed by atoms with Gasteiger partial charge in [0.25, 0.3) is 0 Å². The quantitative estimate of drug-likeness (QED) is 0.520. The van der Waals surface area contributed by atoms with Crippen molar-refractivity contribution in [3.05, 3.63) is 71.4 Å². The molecule has 0 amide bonds. The van der Waals surface area contributed by atoms with Gasteiger partial charge in [-0.05, 0) is 106 Å². The summed E-state index contributed by atoms with van der Waals surface area (Å²) in [7, 11) is 0.